The maximum atomic E-state index is 12.3. The Hall–Kier alpha value is -1.32. The van der Waals surface area contributed by atoms with Crippen molar-refractivity contribution in [3.05, 3.63) is 0 Å². The van der Waals surface area contributed by atoms with Crippen LogP contribution in [0.2, 0.25) is 25.7 Å². The van der Waals surface area contributed by atoms with E-state index in [2.05, 4.69) is 19.6 Å². The molecule has 2 atom stereocenters. The molecule has 9 heteroatoms. The lowest BCUT2D eigenvalue weighted by Gasteiger charge is -2.43. The zero-order chi connectivity index (χ0) is 23.1. The van der Waals surface area contributed by atoms with E-state index in [4.69, 9.17) is 9.47 Å². The van der Waals surface area contributed by atoms with Crippen LogP contribution in [0, 0.1) is 5.92 Å². The van der Waals surface area contributed by atoms with Crippen LogP contribution in [0.5, 0.6) is 0 Å². The summed E-state index contributed by atoms with van der Waals surface area (Å²) in [5.74, 6) is 0.275. The van der Waals surface area contributed by atoms with E-state index in [-0.39, 0.29) is 12.5 Å². The highest BCUT2D eigenvalue weighted by atomic mass is 28.3. The molecule has 176 valence electrons. The Morgan fingerprint density at radius 2 is 1.77 bits per heavy atom. The number of aliphatic hydroxyl groups is 1. The fourth-order valence-electron chi connectivity index (χ4n) is 3.72. The van der Waals surface area contributed by atoms with Crippen molar-refractivity contribution >= 4 is 20.3 Å². The molecule has 0 aromatic rings. The van der Waals surface area contributed by atoms with E-state index in [0.29, 0.717) is 26.2 Å². The van der Waals surface area contributed by atoms with Crippen molar-refractivity contribution in [3.63, 3.8) is 0 Å². The molecule has 1 rings (SSSR count). The van der Waals surface area contributed by atoms with E-state index in [1.807, 2.05) is 20.8 Å². The summed E-state index contributed by atoms with van der Waals surface area (Å²) in [5.41, 5.74) is -0.681. The molecule has 0 aliphatic carbocycles. The van der Waals surface area contributed by atoms with Crippen molar-refractivity contribution in [1.29, 1.82) is 0 Å². The number of nitrogens with zero attached hydrogens (tertiary/aromatic N) is 2. The van der Waals surface area contributed by atoms with Gasteiger partial charge in [-0.3, -0.25) is 4.90 Å². The zero-order valence-corrected chi connectivity index (χ0v) is 20.8. The van der Waals surface area contributed by atoms with Gasteiger partial charge in [0.2, 0.25) is 0 Å². The number of aliphatic hydroxyl groups excluding tert-OH is 1. The van der Waals surface area contributed by atoms with E-state index in [1.54, 1.807) is 7.05 Å². The molecule has 2 N–H and O–H groups in total. The minimum Gasteiger partial charge on any atom is -0.465 e. The van der Waals surface area contributed by atoms with Gasteiger partial charge in [0.1, 0.15) is 0 Å². The third kappa shape index (κ3) is 9.22. The van der Waals surface area contributed by atoms with E-state index in [0.717, 1.165) is 18.9 Å². The third-order valence-corrected chi connectivity index (χ3v) is 7.17. The van der Waals surface area contributed by atoms with E-state index in [1.165, 1.54) is 9.80 Å². The highest BCUT2D eigenvalue weighted by Crippen LogP contribution is 2.29. The Balaban J connectivity index is 2.85. The number of hydrogen-bond acceptors (Lipinski definition) is 5. The summed E-state index contributed by atoms with van der Waals surface area (Å²) in [5, 5.41) is 20.9. The summed E-state index contributed by atoms with van der Waals surface area (Å²) < 4.78 is 10.8. The van der Waals surface area contributed by atoms with Gasteiger partial charge < -0.3 is 24.6 Å². The van der Waals surface area contributed by atoms with Crippen LogP contribution < -0.4 is 0 Å². The normalized spacial score (nSPS) is 17.9. The molecular formula is C21H42N2O6Si. The average Bonchev–Trinajstić information content (AvgIpc) is 2.59. The van der Waals surface area contributed by atoms with Gasteiger partial charge in [-0.05, 0) is 52.0 Å². The molecule has 0 aromatic carbocycles. The molecule has 2 amide bonds. The molecule has 0 spiro atoms. The maximum absolute atomic E-state index is 12.3. The number of rotatable bonds is 9. The topological polar surface area (TPSA) is 99.5 Å². The van der Waals surface area contributed by atoms with Crippen molar-refractivity contribution in [1.82, 2.24) is 9.80 Å². The Morgan fingerprint density at radius 3 is 2.23 bits per heavy atom. The fraction of sp³-hybridized carbons (Fsp3) is 0.905. The lowest BCUT2D eigenvalue weighted by atomic mass is 9.87. The second-order valence-electron chi connectivity index (χ2n) is 10.6. The van der Waals surface area contributed by atoms with Gasteiger partial charge in [0, 0.05) is 33.9 Å². The Morgan fingerprint density at radius 1 is 1.20 bits per heavy atom. The lowest BCUT2D eigenvalue weighted by molar-refractivity contribution is -0.0229. The number of carboxylic acid groups (broad SMARTS) is 1. The minimum atomic E-state index is -1.31. The summed E-state index contributed by atoms with van der Waals surface area (Å²) in [6, 6.07) is 0.251. The van der Waals surface area contributed by atoms with Gasteiger partial charge in [0.15, 0.2) is 0 Å². The second kappa shape index (κ2) is 11.3. The SMILES string of the molecule is CN(C[C@@H](O)C(CC1CCOCC1)N(C(=O)O)C(C)(C)C)C(=O)OCC[Si](C)(C)C. The largest absolute Gasteiger partial charge is 0.465 e. The van der Waals surface area contributed by atoms with Crippen molar-refractivity contribution in [2.45, 2.75) is 83.4 Å². The summed E-state index contributed by atoms with van der Waals surface area (Å²) in [6.07, 6.45) is -0.358. The summed E-state index contributed by atoms with van der Waals surface area (Å²) in [7, 11) is 0.268. The smallest absolute Gasteiger partial charge is 0.409 e. The van der Waals surface area contributed by atoms with Gasteiger partial charge in [0.05, 0.1) is 25.3 Å². The van der Waals surface area contributed by atoms with Crippen LogP contribution in [0.4, 0.5) is 9.59 Å². The number of ether oxygens (including phenoxy) is 2. The molecule has 1 fully saturated rings. The van der Waals surface area contributed by atoms with Crippen LogP contribution >= 0.6 is 0 Å². The summed E-state index contributed by atoms with van der Waals surface area (Å²) >= 11 is 0. The molecule has 1 heterocycles. The van der Waals surface area contributed by atoms with Gasteiger partial charge in [0.25, 0.3) is 0 Å². The second-order valence-corrected chi connectivity index (χ2v) is 16.2. The van der Waals surface area contributed by atoms with E-state index < -0.39 is 37.9 Å². The van der Waals surface area contributed by atoms with Crippen molar-refractivity contribution in [2.24, 2.45) is 5.92 Å². The Labute approximate surface area is 182 Å². The Bertz CT molecular complexity index is 555. The predicted molar refractivity (Wildman–Crippen MR) is 120 cm³/mol. The molecule has 0 radical (unpaired) electrons. The first-order valence-corrected chi connectivity index (χ1v) is 14.6. The van der Waals surface area contributed by atoms with Crippen molar-refractivity contribution in [2.75, 3.05) is 33.4 Å². The van der Waals surface area contributed by atoms with Crippen LogP contribution in [-0.2, 0) is 9.47 Å². The molecule has 0 bridgehead atoms. The molecule has 8 nitrogen and oxygen atoms in total. The predicted octanol–water partition coefficient (Wildman–Crippen LogP) is 3.72. The van der Waals surface area contributed by atoms with Crippen LogP contribution in [-0.4, -0.2) is 91.4 Å². The number of carbonyl (C=O) groups is 2. The molecule has 0 saturated carbocycles. The fourth-order valence-corrected chi connectivity index (χ4v) is 4.43. The van der Waals surface area contributed by atoms with Crippen molar-refractivity contribution in [3.8, 4) is 0 Å². The first-order valence-electron chi connectivity index (χ1n) is 10.9. The van der Waals surface area contributed by atoms with Crippen LogP contribution in [0.25, 0.3) is 0 Å². The molecule has 1 aliphatic rings. The van der Waals surface area contributed by atoms with Crippen LogP contribution in [0.1, 0.15) is 40.0 Å². The number of hydrogen-bond donors (Lipinski definition) is 2. The third-order valence-electron chi connectivity index (χ3n) is 5.47. The molecular weight excluding hydrogens is 404 g/mol. The number of carbonyl (C=O) groups excluding carboxylic acids is 1. The molecule has 0 aromatic heterocycles. The number of amides is 2. The van der Waals surface area contributed by atoms with E-state index in [9.17, 15) is 19.8 Å². The monoisotopic (exact) mass is 446 g/mol. The van der Waals surface area contributed by atoms with Gasteiger partial charge in [-0.1, -0.05) is 19.6 Å². The number of likely N-dealkylation sites (N-methyl/N-ethyl adjacent to an activating group) is 1. The summed E-state index contributed by atoms with van der Waals surface area (Å²) in [4.78, 5) is 27.1. The van der Waals surface area contributed by atoms with E-state index >= 15 is 0 Å². The maximum Gasteiger partial charge on any atom is 0.409 e. The highest BCUT2D eigenvalue weighted by Gasteiger charge is 2.39. The standard InChI is InChI=1S/C21H42N2O6Si/c1-21(2,3)23(19(25)26)17(14-16-8-10-28-11-9-16)18(24)15-22(4)20(27)29-12-13-30(5,6)7/h16-18,24H,8-15H2,1-7H3,(H,25,26)/t17?,18-/m1/s1. The Kier molecular flexibility index (Phi) is 10.1. The molecule has 30 heavy (non-hydrogen) atoms. The van der Waals surface area contributed by atoms with Gasteiger partial charge in [-0.2, -0.15) is 0 Å². The molecule has 1 saturated heterocycles. The van der Waals surface area contributed by atoms with Crippen LogP contribution in [0.3, 0.4) is 0 Å². The van der Waals surface area contributed by atoms with Gasteiger partial charge in [-0.25, -0.2) is 9.59 Å². The van der Waals surface area contributed by atoms with Crippen molar-refractivity contribution < 1.29 is 29.3 Å². The molecule has 1 aliphatic heterocycles. The first-order chi connectivity index (χ1) is 13.7. The average molecular weight is 447 g/mol. The van der Waals surface area contributed by atoms with Crippen LogP contribution in [0.15, 0.2) is 0 Å². The summed E-state index contributed by atoms with van der Waals surface area (Å²) in [6.45, 7) is 13.8. The van der Waals surface area contributed by atoms with Gasteiger partial charge >= 0.3 is 12.2 Å². The first kappa shape index (κ1) is 26.7. The lowest BCUT2D eigenvalue weighted by Crippen LogP contribution is -2.58. The minimum absolute atomic E-state index is 0.0134. The van der Waals surface area contributed by atoms with Gasteiger partial charge in [-0.15, -0.1) is 0 Å². The quantitative estimate of drug-likeness (QED) is 0.524. The molecule has 1 unspecified atom stereocenters. The highest BCUT2D eigenvalue weighted by molar-refractivity contribution is 6.76. The zero-order valence-electron chi connectivity index (χ0n) is 19.8.